The maximum atomic E-state index is 5.40. The number of nitrogens with zero attached hydrogens (tertiary/aromatic N) is 2. The average Bonchev–Trinajstić information content (AvgIpc) is 1.51. The molecule has 2 spiro atoms. The van der Waals surface area contributed by atoms with Crippen LogP contribution in [0.1, 0.15) is 44.5 Å². The molecule has 0 N–H and O–H groups in total. The van der Waals surface area contributed by atoms with Gasteiger partial charge in [-0.15, -0.1) is 22.7 Å². The summed E-state index contributed by atoms with van der Waals surface area (Å²) < 4.78 is 5.25. The monoisotopic (exact) mass is 1350 g/mol. The van der Waals surface area contributed by atoms with Crippen LogP contribution >= 0.6 is 22.7 Å². The van der Waals surface area contributed by atoms with Crippen molar-refractivity contribution in [3.8, 4) is 89.3 Å². The highest BCUT2D eigenvalue weighted by atomic mass is 32.1. The molecule has 0 radical (unpaired) electrons. The molecule has 0 saturated carbocycles. The molecule has 4 aromatic heterocycles. The summed E-state index contributed by atoms with van der Waals surface area (Å²) in [5, 5.41) is 12.6. The van der Waals surface area contributed by atoms with Crippen molar-refractivity contribution < 1.29 is 0 Å². The van der Waals surface area contributed by atoms with Crippen LogP contribution < -0.4 is 0 Å². The molecule has 4 aliphatic rings. The van der Waals surface area contributed by atoms with Crippen molar-refractivity contribution in [2.75, 3.05) is 0 Å². The van der Waals surface area contributed by atoms with E-state index in [2.05, 4.69) is 352 Å². The summed E-state index contributed by atoms with van der Waals surface area (Å²) in [6.45, 7) is 0. The molecule has 0 amide bonds. The molecule has 16 aromatic carbocycles. The Hall–Kier alpha value is -12.7. The topological polar surface area (TPSA) is 25.8 Å². The summed E-state index contributed by atoms with van der Waals surface area (Å²) >= 11 is 3.82. The molecule has 0 fully saturated rings. The molecule has 0 saturated heterocycles. The van der Waals surface area contributed by atoms with E-state index >= 15 is 0 Å². The van der Waals surface area contributed by atoms with E-state index in [1.165, 1.54) is 184 Å². The standard InChI is InChI=1S/2C50H29NS/c1-2-15-30(16-3-1)48-38-29-37(49-47(36-21-8-13-28-44(36)52-49)46(38)35-20-7-12-27-43(35)51-48)33-22-14-26-42-45(33)34-19-6-11-25-41(34)50(42)39-23-9-4-17-31(39)32-18-5-10-24-40(32)50;1-2-14-30(15-3-1)48-39-29-37(49-47(36-20-8-13-25-45(36)52-49)46(39)35-19-7-12-24-44(35)51-48)31-26-27-43-38(28-31)34-18-6-11-23-42(34)50(43)40-21-9-4-16-32(40)33-17-5-10-22-41(33)50/h2*1-29H. The lowest BCUT2D eigenvalue weighted by Gasteiger charge is -2.30. The summed E-state index contributed by atoms with van der Waals surface area (Å²) in [5.41, 5.74) is 32.2. The lowest BCUT2D eigenvalue weighted by molar-refractivity contribution is 0.794. The van der Waals surface area contributed by atoms with E-state index in [1.807, 2.05) is 22.7 Å². The van der Waals surface area contributed by atoms with E-state index in [1.54, 1.807) is 0 Å². The predicted molar refractivity (Wildman–Crippen MR) is 439 cm³/mol. The van der Waals surface area contributed by atoms with Crippen LogP contribution in [0.2, 0.25) is 0 Å². The van der Waals surface area contributed by atoms with Gasteiger partial charge in [0.25, 0.3) is 0 Å². The first-order valence-electron chi connectivity index (χ1n) is 35.9. The number of pyridine rings is 2. The van der Waals surface area contributed by atoms with Gasteiger partial charge in [-0.1, -0.05) is 309 Å². The van der Waals surface area contributed by atoms with Crippen LogP contribution in [0, 0.1) is 0 Å². The SMILES string of the molecule is c1ccc(-c2nc3ccccc3c3c2cc(-c2ccc4c(c2)-c2ccccc2C42c4ccccc4-c4ccccc42)c2sc4ccccc4c23)cc1.c1ccc(-c2nc3ccccc3c3c2cc(-c2cccc4c2-c2ccccc2C42c4ccccc4-c4ccccc42)c2sc4ccccc4c23)cc1. The van der Waals surface area contributed by atoms with Crippen molar-refractivity contribution in [2.24, 2.45) is 0 Å². The van der Waals surface area contributed by atoms with E-state index in [9.17, 15) is 0 Å². The lowest BCUT2D eigenvalue weighted by Crippen LogP contribution is -2.25. The smallest absolute Gasteiger partial charge is 0.0788 e. The zero-order valence-corrected chi connectivity index (χ0v) is 57.8. The first-order chi connectivity index (χ1) is 51.6. The third-order valence-electron chi connectivity index (χ3n) is 23.3. The number of para-hydroxylation sites is 2. The molecule has 480 valence electrons. The van der Waals surface area contributed by atoms with Gasteiger partial charge in [0.05, 0.1) is 33.3 Å². The summed E-state index contributed by atoms with van der Waals surface area (Å²) in [4.78, 5) is 10.8. The van der Waals surface area contributed by atoms with Crippen LogP contribution in [0.4, 0.5) is 0 Å². The zero-order valence-electron chi connectivity index (χ0n) is 56.2. The number of fused-ring (bicyclic) bond motifs is 34. The molecule has 0 unspecified atom stereocenters. The maximum Gasteiger partial charge on any atom is 0.0788 e. The van der Waals surface area contributed by atoms with Gasteiger partial charge in [-0.3, -0.25) is 0 Å². The second-order valence-corrected chi connectivity index (χ2v) is 30.4. The Kier molecular flexibility index (Phi) is 12.2. The Morgan fingerprint density at radius 2 is 0.548 bits per heavy atom. The second kappa shape index (κ2) is 21.9. The number of thiophene rings is 2. The van der Waals surface area contributed by atoms with Gasteiger partial charge in [-0.2, -0.15) is 0 Å². The summed E-state index contributed by atoms with van der Waals surface area (Å²) in [7, 11) is 0. The third-order valence-corrected chi connectivity index (χ3v) is 25.7. The molecule has 20 aromatic rings. The molecule has 104 heavy (non-hydrogen) atoms. The summed E-state index contributed by atoms with van der Waals surface area (Å²) in [5.74, 6) is 0. The van der Waals surface area contributed by atoms with Crippen molar-refractivity contribution >= 4 is 106 Å². The fourth-order valence-electron chi connectivity index (χ4n) is 19.3. The quantitative estimate of drug-likeness (QED) is 0.164. The molecule has 4 aliphatic carbocycles. The molecule has 24 rings (SSSR count). The van der Waals surface area contributed by atoms with E-state index in [-0.39, 0.29) is 5.41 Å². The lowest BCUT2D eigenvalue weighted by atomic mass is 9.70. The highest BCUT2D eigenvalue weighted by Gasteiger charge is 2.53. The number of hydrogen-bond acceptors (Lipinski definition) is 4. The van der Waals surface area contributed by atoms with E-state index in [0.717, 1.165) is 33.5 Å². The maximum absolute atomic E-state index is 5.40. The van der Waals surface area contributed by atoms with Crippen LogP contribution in [0.5, 0.6) is 0 Å². The van der Waals surface area contributed by atoms with Gasteiger partial charge < -0.3 is 0 Å². The second-order valence-electron chi connectivity index (χ2n) is 28.2. The van der Waals surface area contributed by atoms with Crippen molar-refractivity contribution in [1.82, 2.24) is 9.97 Å². The highest BCUT2D eigenvalue weighted by Crippen LogP contribution is 2.66. The van der Waals surface area contributed by atoms with Crippen LogP contribution in [0.25, 0.3) is 173 Å². The van der Waals surface area contributed by atoms with Crippen LogP contribution in [-0.4, -0.2) is 9.97 Å². The first-order valence-corrected chi connectivity index (χ1v) is 37.6. The molecule has 0 bridgehead atoms. The Balaban J connectivity index is 0.000000127. The van der Waals surface area contributed by atoms with Gasteiger partial charge in [-0.05, 0) is 143 Å². The van der Waals surface area contributed by atoms with Crippen molar-refractivity contribution in [3.63, 3.8) is 0 Å². The van der Waals surface area contributed by atoms with E-state index in [4.69, 9.17) is 9.97 Å². The van der Waals surface area contributed by atoms with Crippen LogP contribution in [-0.2, 0) is 10.8 Å². The molecule has 2 nitrogen and oxygen atoms in total. The molecule has 0 aliphatic heterocycles. The number of aromatic nitrogens is 2. The molecule has 0 atom stereocenters. The Labute approximate surface area is 608 Å². The van der Waals surface area contributed by atoms with E-state index < -0.39 is 5.41 Å². The van der Waals surface area contributed by atoms with Gasteiger partial charge in [0.15, 0.2) is 0 Å². The van der Waals surface area contributed by atoms with Gasteiger partial charge in [0, 0.05) is 94.9 Å². The normalized spacial score (nSPS) is 13.5. The van der Waals surface area contributed by atoms with Gasteiger partial charge in [0.1, 0.15) is 0 Å². The first kappa shape index (κ1) is 58.0. The van der Waals surface area contributed by atoms with Crippen LogP contribution in [0.15, 0.2) is 352 Å². The molecular formula is C100H58N2S2. The van der Waals surface area contributed by atoms with Crippen molar-refractivity contribution in [1.29, 1.82) is 0 Å². The minimum atomic E-state index is -0.391. The Morgan fingerprint density at radius 1 is 0.202 bits per heavy atom. The molecular weight excluding hydrogens is 1290 g/mol. The fourth-order valence-corrected chi connectivity index (χ4v) is 21.8. The Bertz CT molecular complexity index is 7030. The van der Waals surface area contributed by atoms with Crippen molar-refractivity contribution in [3.05, 3.63) is 396 Å². The Morgan fingerprint density at radius 3 is 1.04 bits per heavy atom. The van der Waals surface area contributed by atoms with Gasteiger partial charge in [0.2, 0.25) is 0 Å². The number of benzene rings is 16. The minimum Gasteiger partial charge on any atom is -0.247 e. The van der Waals surface area contributed by atoms with Gasteiger partial charge >= 0.3 is 0 Å². The minimum absolute atomic E-state index is 0.350. The number of rotatable bonds is 4. The van der Waals surface area contributed by atoms with Gasteiger partial charge in [-0.25, -0.2) is 9.97 Å². The molecule has 4 heterocycles. The average molecular weight is 1350 g/mol. The fraction of sp³-hybridized carbons (Fsp3) is 0.0200. The highest BCUT2D eigenvalue weighted by molar-refractivity contribution is 7.27. The summed E-state index contributed by atoms with van der Waals surface area (Å²) in [6, 6.07) is 130. The zero-order chi connectivity index (χ0) is 67.9. The van der Waals surface area contributed by atoms with Crippen LogP contribution in [0.3, 0.4) is 0 Å². The van der Waals surface area contributed by atoms with E-state index in [0.29, 0.717) is 0 Å². The van der Waals surface area contributed by atoms with Crippen molar-refractivity contribution in [2.45, 2.75) is 10.8 Å². The predicted octanol–water partition coefficient (Wildman–Crippen LogP) is 26.9. The largest absolute Gasteiger partial charge is 0.247 e. The summed E-state index contributed by atoms with van der Waals surface area (Å²) in [6.07, 6.45) is 0. The number of hydrogen-bond donors (Lipinski definition) is 0. The third kappa shape index (κ3) is 7.72. The molecule has 4 heteroatoms.